The Balaban J connectivity index is 3.02. The maximum Gasteiger partial charge on any atom is 0.346 e. The lowest BCUT2D eigenvalue weighted by atomic mass is 10.3. The first-order valence-electron chi connectivity index (χ1n) is 6.39. The van der Waals surface area contributed by atoms with Crippen LogP contribution in [0.15, 0.2) is 24.1 Å². The molecule has 0 radical (unpaired) electrons. The molecule has 1 heterocycles. The summed E-state index contributed by atoms with van der Waals surface area (Å²) < 4.78 is 24.6. The summed E-state index contributed by atoms with van der Waals surface area (Å²) in [7, 11) is -3.52. The van der Waals surface area contributed by atoms with E-state index in [1.165, 1.54) is 4.90 Å². The molecule has 112 valence electrons. The Kier molecular flexibility index (Phi) is 5.43. The summed E-state index contributed by atoms with van der Waals surface area (Å²) in [5.74, 6) is -0.0360. The van der Waals surface area contributed by atoms with Gasteiger partial charge < -0.3 is 4.90 Å². The zero-order valence-electron chi connectivity index (χ0n) is 12.0. The second-order valence-corrected chi connectivity index (χ2v) is 6.61. The van der Waals surface area contributed by atoms with E-state index in [1.54, 1.807) is 13.0 Å². The molecule has 0 atom stereocenters. The van der Waals surface area contributed by atoms with E-state index in [0.717, 1.165) is 11.0 Å². The van der Waals surface area contributed by atoms with Crippen LogP contribution < -0.4 is 0 Å². The molecule has 0 aromatic carbocycles. The molecule has 1 rings (SSSR count). The number of carbonyl (C=O) groups is 1. The van der Waals surface area contributed by atoms with Crippen LogP contribution in [0.2, 0.25) is 0 Å². The van der Waals surface area contributed by atoms with E-state index in [4.69, 9.17) is 0 Å². The standard InChI is InChI=1S/C12H20N4O3S/c1-5-7-15(10(3)4)12(17)16-9-13-11(14-16)20(18,19)8-6-2/h5,9-10H,1,6-8H2,2-4H3. The van der Waals surface area contributed by atoms with Crippen LogP contribution in [0.4, 0.5) is 4.79 Å². The first kappa shape index (κ1) is 16.4. The predicted octanol–water partition coefficient (Wildman–Crippen LogP) is 1.33. The summed E-state index contributed by atoms with van der Waals surface area (Å²) in [5, 5.41) is 3.47. The van der Waals surface area contributed by atoms with Gasteiger partial charge in [-0.15, -0.1) is 11.7 Å². The van der Waals surface area contributed by atoms with Crippen LogP contribution in [0, 0.1) is 0 Å². The predicted molar refractivity (Wildman–Crippen MR) is 75.2 cm³/mol. The fourth-order valence-electron chi connectivity index (χ4n) is 1.62. The van der Waals surface area contributed by atoms with E-state index in [0.29, 0.717) is 13.0 Å². The largest absolute Gasteiger partial charge is 0.346 e. The van der Waals surface area contributed by atoms with Crippen molar-refractivity contribution in [3.8, 4) is 0 Å². The number of hydrogen-bond donors (Lipinski definition) is 0. The number of hydrogen-bond acceptors (Lipinski definition) is 5. The van der Waals surface area contributed by atoms with E-state index in [-0.39, 0.29) is 17.0 Å². The second kappa shape index (κ2) is 6.65. The van der Waals surface area contributed by atoms with Gasteiger partial charge in [0.05, 0.1) is 5.75 Å². The second-order valence-electron chi connectivity index (χ2n) is 4.61. The Morgan fingerprint density at radius 2 is 2.20 bits per heavy atom. The number of sulfone groups is 1. The van der Waals surface area contributed by atoms with Gasteiger partial charge in [-0.25, -0.2) is 18.2 Å². The SMILES string of the molecule is C=CCN(C(=O)n1cnc(S(=O)(=O)CCC)n1)C(C)C. The van der Waals surface area contributed by atoms with Gasteiger partial charge in [0.25, 0.3) is 5.16 Å². The minimum Gasteiger partial charge on any atom is -0.317 e. The Labute approximate surface area is 119 Å². The minimum atomic E-state index is -3.52. The van der Waals surface area contributed by atoms with Crippen molar-refractivity contribution >= 4 is 15.9 Å². The smallest absolute Gasteiger partial charge is 0.317 e. The zero-order valence-corrected chi connectivity index (χ0v) is 12.8. The summed E-state index contributed by atoms with van der Waals surface area (Å²) in [5.41, 5.74) is 0. The molecule has 0 aliphatic heterocycles. The highest BCUT2D eigenvalue weighted by atomic mass is 32.2. The average Bonchev–Trinajstić information content (AvgIpc) is 2.85. The van der Waals surface area contributed by atoms with Crippen molar-refractivity contribution in [3.63, 3.8) is 0 Å². The van der Waals surface area contributed by atoms with Crippen molar-refractivity contribution in [2.24, 2.45) is 0 Å². The molecule has 20 heavy (non-hydrogen) atoms. The molecule has 0 saturated heterocycles. The lowest BCUT2D eigenvalue weighted by molar-refractivity contribution is 0.188. The third-order valence-electron chi connectivity index (χ3n) is 2.61. The maximum absolute atomic E-state index is 12.2. The average molecular weight is 300 g/mol. The maximum atomic E-state index is 12.2. The van der Waals surface area contributed by atoms with E-state index in [9.17, 15) is 13.2 Å². The Morgan fingerprint density at radius 1 is 1.55 bits per heavy atom. The summed E-state index contributed by atoms with van der Waals surface area (Å²) >= 11 is 0. The van der Waals surface area contributed by atoms with E-state index >= 15 is 0 Å². The first-order valence-corrected chi connectivity index (χ1v) is 8.05. The normalized spacial score (nSPS) is 11.6. The van der Waals surface area contributed by atoms with Gasteiger partial charge in [-0.2, -0.15) is 4.68 Å². The first-order chi connectivity index (χ1) is 9.33. The van der Waals surface area contributed by atoms with Crippen molar-refractivity contribution < 1.29 is 13.2 Å². The van der Waals surface area contributed by atoms with Gasteiger partial charge in [0.2, 0.25) is 9.84 Å². The van der Waals surface area contributed by atoms with Gasteiger partial charge in [0.1, 0.15) is 6.33 Å². The third-order valence-corrected chi connectivity index (χ3v) is 4.30. The number of nitrogens with zero attached hydrogens (tertiary/aromatic N) is 4. The summed E-state index contributed by atoms with van der Waals surface area (Å²) in [6, 6.07) is -0.481. The van der Waals surface area contributed by atoms with Crippen LogP contribution in [0.3, 0.4) is 0 Å². The van der Waals surface area contributed by atoms with Crippen LogP contribution in [-0.4, -0.2) is 52.5 Å². The summed E-state index contributed by atoms with van der Waals surface area (Å²) in [6.45, 7) is 9.41. The molecule has 0 saturated carbocycles. The van der Waals surface area contributed by atoms with Crippen molar-refractivity contribution in [1.29, 1.82) is 0 Å². The Bertz CT molecular complexity index is 577. The molecule has 1 amide bonds. The zero-order chi connectivity index (χ0) is 15.3. The Hall–Kier alpha value is -1.70. The highest BCUT2D eigenvalue weighted by Crippen LogP contribution is 2.07. The molecular formula is C12H20N4O3S. The van der Waals surface area contributed by atoms with Gasteiger partial charge in [-0.1, -0.05) is 13.0 Å². The molecule has 1 aromatic rings. The van der Waals surface area contributed by atoms with E-state index < -0.39 is 15.9 Å². The monoisotopic (exact) mass is 300 g/mol. The van der Waals surface area contributed by atoms with Crippen LogP contribution in [-0.2, 0) is 9.84 Å². The molecule has 8 heteroatoms. The highest BCUT2D eigenvalue weighted by Gasteiger charge is 2.23. The minimum absolute atomic E-state index is 0.0360. The highest BCUT2D eigenvalue weighted by molar-refractivity contribution is 7.91. The Morgan fingerprint density at radius 3 is 2.70 bits per heavy atom. The van der Waals surface area contributed by atoms with Crippen LogP contribution in [0.5, 0.6) is 0 Å². The van der Waals surface area contributed by atoms with Gasteiger partial charge in [-0.05, 0) is 20.3 Å². The van der Waals surface area contributed by atoms with Crippen molar-refractivity contribution in [2.75, 3.05) is 12.3 Å². The van der Waals surface area contributed by atoms with Crippen molar-refractivity contribution in [3.05, 3.63) is 19.0 Å². The van der Waals surface area contributed by atoms with Gasteiger partial charge in [0, 0.05) is 12.6 Å². The van der Waals surface area contributed by atoms with E-state index in [2.05, 4.69) is 16.7 Å². The van der Waals surface area contributed by atoms with Gasteiger partial charge >= 0.3 is 6.03 Å². The topological polar surface area (TPSA) is 85.2 Å². The molecule has 0 N–H and O–H groups in total. The quantitative estimate of drug-likeness (QED) is 0.740. The molecule has 0 fully saturated rings. The van der Waals surface area contributed by atoms with E-state index in [1.807, 2.05) is 13.8 Å². The third kappa shape index (κ3) is 3.66. The molecule has 0 unspecified atom stereocenters. The summed E-state index contributed by atoms with van der Waals surface area (Å²) in [6.07, 6.45) is 3.20. The van der Waals surface area contributed by atoms with Gasteiger partial charge in [0.15, 0.2) is 0 Å². The molecule has 0 bridgehead atoms. The fourth-order valence-corrected chi connectivity index (χ4v) is 2.76. The van der Waals surface area contributed by atoms with Gasteiger partial charge in [-0.3, -0.25) is 0 Å². The number of carbonyl (C=O) groups excluding carboxylic acids is 1. The lowest BCUT2D eigenvalue weighted by Gasteiger charge is -2.24. The van der Waals surface area contributed by atoms with Crippen LogP contribution in [0.25, 0.3) is 0 Å². The molecule has 1 aromatic heterocycles. The number of amides is 1. The molecule has 0 aliphatic rings. The lowest BCUT2D eigenvalue weighted by Crippen LogP contribution is -2.40. The molecule has 7 nitrogen and oxygen atoms in total. The molecule has 0 aliphatic carbocycles. The van der Waals surface area contributed by atoms with Crippen molar-refractivity contribution in [2.45, 2.75) is 38.4 Å². The fraction of sp³-hybridized carbons (Fsp3) is 0.583. The number of aromatic nitrogens is 3. The van der Waals surface area contributed by atoms with Crippen molar-refractivity contribution in [1.82, 2.24) is 19.7 Å². The summed E-state index contributed by atoms with van der Waals surface area (Å²) in [4.78, 5) is 17.4. The number of rotatable bonds is 6. The van der Waals surface area contributed by atoms with Crippen LogP contribution >= 0.6 is 0 Å². The van der Waals surface area contributed by atoms with Crippen LogP contribution in [0.1, 0.15) is 27.2 Å². The molecular weight excluding hydrogens is 280 g/mol. The molecule has 0 spiro atoms.